The molecular weight excluding hydrogens is 390 g/mol. The Morgan fingerprint density at radius 2 is 1.38 bits per heavy atom. The minimum Gasteiger partial charge on any atom is -0.402 e. The summed E-state index contributed by atoms with van der Waals surface area (Å²) in [7, 11) is 0. The van der Waals surface area contributed by atoms with Gasteiger partial charge in [-0.2, -0.15) is 0 Å². The highest BCUT2D eigenvalue weighted by molar-refractivity contribution is 9.10. The van der Waals surface area contributed by atoms with Gasteiger partial charge in [-0.05, 0) is 47.0 Å². The van der Waals surface area contributed by atoms with E-state index in [0.29, 0.717) is 11.6 Å². The van der Waals surface area contributed by atoms with Crippen molar-refractivity contribution in [1.29, 1.82) is 0 Å². The lowest BCUT2D eigenvalue weighted by Gasteiger charge is -2.03. The Morgan fingerprint density at radius 3 is 2.08 bits per heavy atom. The van der Waals surface area contributed by atoms with Crippen molar-refractivity contribution in [2.24, 2.45) is 4.99 Å². The average molecular weight is 404 g/mol. The van der Waals surface area contributed by atoms with Crippen LogP contribution in [0.3, 0.4) is 0 Å². The molecule has 0 amide bonds. The molecule has 4 rings (SSSR count). The van der Waals surface area contributed by atoms with Crippen molar-refractivity contribution < 1.29 is 9.53 Å². The Morgan fingerprint density at radius 1 is 0.769 bits per heavy atom. The Hall–Kier alpha value is -2.98. The molecular formula is C22H14BrNO2. The Labute approximate surface area is 159 Å². The Kier molecular flexibility index (Phi) is 4.50. The molecule has 0 unspecified atom stereocenters. The zero-order chi connectivity index (χ0) is 17.9. The molecule has 3 aromatic carbocycles. The fourth-order valence-corrected chi connectivity index (χ4v) is 2.95. The van der Waals surface area contributed by atoms with E-state index in [2.05, 4.69) is 33.1 Å². The van der Waals surface area contributed by atoms with Crippen LogP contribution in [-0.4, -0.2) is 11.9 Å². The molecule has 0 spiro atoms. The predicted octanol–water partition coefficient (Wildman–Crippen LogP) is 5.46. The molecule has 0 bridgehead atoms. The SMILES string of the molecule is O=C1OC(c2ccc(-c3ccccc3)cc2)=N/C1=C\c1ccc(Br)cc1. The van der Waals surface area contributed by atoms with Crippen molar-refractivity contribution in [3.05, 3.63) is 100 Å². The van der Waals surface area contributed by atoms with E-state index >= 15 is 0 Å². The van der Waals surface area contributed by atoms with E-state index in [4.69, 9.17) is 4.74 Å². The van der Waals surface area contributed by atoms with Gasteiger partial charge in [-0.15, -0.1) is 0 Å². The number of cyclic esters (lactones) is 1. The van der Waals surface area contributed by atoms with Crippen molar-refractivity contribution >= 4 is 33.9 Å². The summed E-state index contributed by atoms with van der Waals surface area (Å²) in [4.78, 5) is 16.5. The van der Waals surface area contributed by atoms with E-state index in [0.717, 1.165) is 26.7 Å². The van der Waals surface area contributed by atoms with Crippen LogP contribution in [-0.2, 0) is 9.53 Å². The van der Waals surface area contributed by atoms with Crippen LogP contribution in [0.4, 0.5) is 0 Å². The number of esters is 1. The van der Waals surface area contributed by atoms with Gasteiger partial charge in [0, 0.05) is 10.0 Å². The van der Waals surface area contributed by atoms with Crippen molar-refractivity contribution in [1.82, 2.24) is 0 Å². The lowest BCUT2D eigenvalue weighted by atomic mass is 10.0. The first kappa shape index (κ1) is 16.5. The Bertz CT molecular complexity index is 1000. The maximum absolute atomic E-state index is 12.1. The second-order valence-corrected chi connectivity index (χ2v) is 6.75. The smallest absolute Gasteiger partial charge is 0.363 e. The van der Waals surface area contributed by atoms with Crippen LogP contribution in [0.2, 0.25) is 0 Å². The van der Waals surface area contributed by atoms with Gasteiger partial charge in [0.25, 0.3) is 0 Å². The van der Waals surface area contributed by atoms with E-state index in [1.807, 2.05) is 66.7 Å². The summed E-state index contributed by atoms with van der Waals surface area (Å²) in [6.07, 6.45) is 1.72. The lowest BCUT2D eigenvalue weighted by Crippen LogP contribution is -2.05. The Balaban J connectivity index is 1.60. The third-order valence-corrected chi connectivity index (χ3v) is 4.56. The molecule has 126 valence electrons. The normalized spacial score (nSPS) is 15.0. The number of carbonyl (C=O) groups is 1. The molecule has 26 heavy (non-hydrogen) atoms. The molecule has 0 N–H and O–H groups in total. The van der Waals surface area contributed by atoms with Crippen LogP contribution in [0.1, 0.15) is 11.1 Å². The number of halogens is 1. The van der Waals surface area contributed by atoms with Crippen LogP contribution in [0.25, 0.3) is 17.2 Å². The first-order chi connectivity index (χ1) is 12.7. The molecule has 0 saturated heterocycles. The number of hydrogen-bond donors (Lipinski definition) is 0. The monoisotopic (exact) mass is 403 g/mol. The first-order valence-electron chi connectivity index (χ1n) is 8.13. The predicted molar refractivity (Wildman–Crippen MR) is 107 cm³/mol. The number of benzene rings is 3. The summed E-state index contributed by atoms with van der Waals surface area (Å²) in [5, 5.41) is 0. The van der Waals surface area contributed by atoms with Gasteiger partial charge in [0.15, 0.2) is 5.70 Å². The molecule has 0 atom stereocenters. The maximum atomic E-state index is 12.1. The lowest BCUT2D eigenvalue weighted by molar-refractivity contribution is -0.129. The summed E-state index contributed by atoms with van der Waals surface area (Å²) in [6.45, 7) is 0. The maximum Gasteiger partial charge on any atom is 0.363 e. The van der Waals surface area contributed by atoms with Crippen LogP contribution in [0.15, 0.2) is 94.0 Å². The third kappa shape index (κ3) is 3.51. The molecule has 3 nitrogen and oxygen atoms in total. The first-order valence-corrected chi connectivity index (χ1v) is 8.92. The van der Waals surface area contributed by atoms with E-state index in [1.165, 1.54) is 0 Å². The number of aliphatic imine (C=N–C) groups is 1. The number of ether oxygens (including phenoxy) is 1. The van der Waals surface area contributed by atoms with Gasteiger partial charge in [-0.3, -0.25) is 0 Å². The zero-order valence-electron chi connectivity index (χ0n) is 13.7. The van der Waals surface area contributed by atoms with Crippen molar-refractivity contribution in [2.45, 2.75) is 0 Å². The fraction of sp³-hybridized carbons (Fsp3) is 0. The summed E-state index contributed by atoms with van der Waals surface area (Å²) < 4.78 is 6.32. The molecule has 0 fully saturated rings. The molecule has 1 aliphatic heterocycles. The second-order valence-electron chi connectivity index (χ2n) is 5.83. The van der Waals surface area contributed by atoms with Crippen LogP contribution < -0.4 is 0 Å². The van der Waals surface area contributed by atoms with Gasteiger partial charge < -0.3 is 4.74 Å². The van der Waals surface area contributed by atoms with E-state index in [-0.39, 0.29) is 0 Å². The summed E-state index contributed by atoms with van der Waals surface area (Å²) in [6, 6.07) is 25.6. The van der Waals surface area contributed by atoms with Crippen molar-refractivity contribution in [3.63, 3.8) is 0 Å². The minimum atomic E-state index is -0.435. The van der Waals surface area contributed by atoms with E-state index < -0.39 is 5.97 Å². The topological polar surface area (TPSA) is 38.7 Å². The highest BCUT2D eigenvalue weighted by atomic mass is 79.9. The average Bonchev–Trinajstić information content (AvgIpc) is 3.05. The van der Waals surface area contributed by atoms with E-state index in [1.54, 1.807) is 6.08 Å². The number of carbonyl (C=O) groups excluding carboxylic acids is 1. The molecule has 1 heterocycles. The standard InChI is InChI=1S/C22H14BrNO2/c23-19-12-6-15(7-13-19)14-20-22(25)26-21(24-20)18-10-8-17(9-11-18)16-4-2-1-3-5-16/h1-14H/b20-14-. The summed E-state index contributed by atoms with van der Waals surface area (Å²) >= 11 is 3.39. The molecule has 3 aromatic rings. The van der Waals surface area contributed by atoms with Gasteiger partial charge in [0.1, 0.15) is 0 Å². The highest BCUT2D eigenvalue weighted by Crippen LogP contribution is 2.23. The molecule has 1 aliphatic rings. The van der Waals surface area contributed by atoms with Gasteiger partial charge >= 0.3 is 5.97 Å². The van der Waals surface area contributed by atoms with Crippen LogP contribution in [0, 0.1) is 0 Å². The van der Waals surface area contributed by atoms with Crippen LogP contribution >= 0.6 is 15.9 Å². The molecule has 0 aromatic heterocycles. The molecule has 0 aliphatic carbocycles. The zero-order valence-corrected chi connectivity index (χ0v) is 15.3. The number of rotatable bonds is 3. The summed E-state index contributed by atoms with van der Waals surface area (Å²) in [5.41, 5.74) is 4.21. The van der Waals surface area contributed by atoms with Crippen molar-refractivity contribution in [2.75, 3.05) is 0 Å². The third-order valence-electron chi connectivity index (χ3n) is 4.03. The second kappa shape index (κ2) is 7.10. The van der Waals surface area contributed by atoms with Gasteiger partial charge in [-0.25, -0.2) is 9.79 Å². The minimum absolute atomic E-state index is 0.300. The van der Waals surface area contributed by atoms with Gasteiger partial charge in [0.05, 0.1) is 0 Å². The fourth-order valence-electron chi connectivity index (χ4n) is 2.69. The van der Waals surface area contributed by atoms with Crippen LogP contribution in [0.5, 0.6) is 0 Å². The molecule has 0 saturated carbocycles. The number of nitrogens with zero attached hydrogens (tertiary/aromatic N) is 1. The highest BCUT2D eigenvalue weighted by Gasteiger charge is 2.24. The van der Waals surface area contributed by atoms with Crippen molar-refractivity contribution in [3.8, 4) is 11.1 Å². The quantitative estimate of drug-likeness (QED) is 0.430. The summed E-state index contributed by atoms with van der Waals surface area (Å²) in [5.74, 6) is -0.104. The van der Waals surface area contributed by atoms with E-state index in [9.17, 15) is 4.79 Å². The molecule has 0 radical (unpaired) electrons. The largest absolute Gasteiger partial charge is 0.402 e. The van der Waals surface area contributed by atoms with Gasteiger partial charge in [-0.1, -0.05) is 70.5 Å². The number of hydrogen-bond acceptors (Lipinski definition) is 3. The van der Waals surface area contributed by atoms with Gasteiger partial charge in [0.2, 0.25) is 5.90 Å². The molecule has 4 heteroatoms.